The van der Waals surface area contributed by atoms with Crippen LogP contribution in [0.15, 0.2) is 0 Å². The van der Waals surface area contributed by atoms with Gasteiger partial charge in [-0.25, -0.2) is 0 Å². The molecule has 0 aliphatic heterocycles. The Labute approximate surface area is 100 Å². The van der Waals surface area contributed by atoms with Crippen molar-refractivity contribution in [3.05, 3.63) is 0 Å². The molecule has 5 heteroatoms. The normalized spacial score (nSPS) is 12.0. The van der Waals surface area contributed by atoms with Gasteiger partial charge in [0.2, 0.25) is 0 Å². The van der Waals surface area contributed by atoms with Crippen molar-refractivity contribution in [3.63, 3.8) is 0 Å². The molecule has 0 unspecified atom stereocenters. The largest absolute Gasteiger partial charge is 0.500 e. The summed E-state index contributed by atoms with van der Waals surface area (Å²) in [5.41, 5.74) is 0. The Hall–Kier alpha value is 0.0569. The third kappa shape index (κ3) is 6.60. The summed E-state index contributed by atoms with van der Waals surface area (Å²) < 4.78 is 17.2. The van der Waals surface area contributed by atoms with E-state index < -0.39 is 8.80 Å². The van der Waals surface area contributed by atoms with Gasteiger partial charge in [-0.3, -0.25) is 0 Å². The first-order valence-electron chi connectivity index (χ1n) is 6.27. The van der Waals surface area contributed by atoms with E-state index in [0.29, 0.717) is 19.8 Å². The van der Waals surface area contributed by atoms with Gasteiger partial charge in [0.15, 0.2) is 0 Å². The molecule has 0 aromatic carbocycles. The van der Waals surface area contributed by atoms with Crippen LogP contribution < -0.4 is 0 Å². The minimum Gasteiger partial charge on any atom is -0.396 e. The van der Waals surface area contributed by atoms with Gasteiger partial charge in [-0.15, -0.1) is 0 Å². The number of hydrogen-bond acceptors (Lipinski definition) is 4. The van der Waals surface area contributed by atoms with E-state index in [1.54, 1.807) is 0 Å². The third-order valence-corrected chi connectivity index (χ3v) is 5.39. The number of rotatable bonds is 11. The van der Waals surface area contributed by atoms with Gasteiger partial charge in [-0.1, -0.05) is 6.42 Å². The van der Waals surface area contributed by atoms with E-state index >= 15 is 0 Å². The number of aliphatic hydroxyl groups excluding tert-OH is 1. The van der Waals surface area contributed by atoms with Crippen LogP contribution in [-0.4, -0.2) is 40.3 Å². The molecule has 16 heavy (non-hydrogen) atoms. The average Bonchev–Trinajstić information content (AvgIpc) is 2.26. The fraction of sp³-hybridized carbons (Fsp3) is 1.00. The second-order valence-corrected chi connectivity index (χ2v) is 6.25. The maximum atomic E-state index is 8.72. The molecule has 4 nitrogen and oxygen atoms in total. The van der Waals surface area contributed by atoms with Crippen molar-refractivity contribution in [1.82, 2.24) is 0 Å². The fourth-order valence-corrected chi connectivity index (χ4v) is 4.32. The third-order valence-electron chi connectivity index (χ3n) is 2.23. The van der Waals surface area contributed by atoms with Gasteiger partial charge >= 0.3 is 8.80 Å². The Bertz CT molecular complexity index is 138. The van der Waals surface area contributed by atoms with Crippen molar-refractivity contribution in [2.24, 2.45) is 0 Å². The highest BCUT2D eigenvalue weighted by atomic mass is 28.4. The fourth-order valence-electron chi connectivity index (χ4n) is 1.63. The molecule has 0 aromatic rings. The smallest absolute Gasteiger partial charge is 0.396 e. The molecule has 0 radical (unpaired) electrons. The van der Waals surface area contributed by atoms with Crippen LogP contribution in [-0.2, 0) is 13.3 Å². The molecule has 98 valence electrons. The Balaban J connectivity index is 4.12. The predicted molar refractivity (Wildman–Crippen MR) is 66.4 cm³/mol. The van der Waals surface area contributed by atoms with Gasteiger partial charge in [-0.2, -0.15) is 0 Å². The van der Waals surface area contributed by atoms with Gasteiger partial charge in [-0.05, 0) is 33.6 Å². The summed E-state index contributed by atoms with van der Waals surface area (Å²) in [5.74, 6) is 0. The van der Waals surface area contributed by atoms with Crippen LogP contribution in [0.2, 0.25) is 6.04 Å². The first-order chi connectivity index (χ1) is 7.74. The van der Waals surface area contributed by atoms with Crippen LogP contribution >= 0.6 is 0 Å². The van der Waals surface area contributed by atoms with Gasteiger partial charge in [0.05, 0.1) is 0 Å². The Morgan fingerprint density at radius 1 is 0.812 bits per heavy atom. The lowest BCUT2D eigenvalue weighted by Crippen LogP contribution is -2.45. The Morgan fingerprint density at radius 3 is 1.69 bits per heavy atom. The van der Waals surface area contributed by atoms with E-state index in [2.05, 4.69) is 0 Å². The molecular weight excluding hydrogens is 224 g/mol. The van der Waals surface area contributed by atoms with Crippen molar-refractivity contribution in [3.8, 4) is 0 Å². The summed E-state index contributed by atoms with van der Waals surface area (Å²) in [6.07, 6.45) is 2.83. The number of unbranched alkanes of at least 4 members (excludes halogenated alkanes) is 2. The molecule has 1 N–H and O–H groups in total. The number of hydrogen-bond donors (Lipinski definition) is 1. The molecular formula is C11H26O4Si. The summed E-state index contributed by atoms with van der Waals surface area (Å²) in [4.78, 5) is 0. The van der Waals surface area contributed by atoms with Crippen LogP contribution in [0.3, 0.4) is 0 Å². The standard InChI is InChI=1S/C11H26O4Si/c1-4-13-16(14-5-2,15-6-3)11-9-7-8-10-12/h12H,4-11H2,1-3H3. The average molecular weight is 250 g/mol. The quantitative estimate of drug-likeness (QED) is 0.451. The van der Waals surface area contributed by atoms with E-state index in [1.807, 2.05) is 20.8 Å². The molecule has 0 saturated carbocycles. The van der Waals surface area contributed by atoms with Gasteiger partial charge in [0, 0.05) is 32.5 Å². The molecule has 0 aliphatic rings. The molecule has 0 saturated heterocycles. The summed E-state index contributed by atoms with van der Waals surface area (Å²) in [5, 5.41) is 8.72. The van der Waals surface area contributed by atoms with Crippen LogP contribution in [0.4, 0.5) is 0 Å². The van der Waals surface area contributed by atoms with E-state index in [9.17, 15) is 0 Å². The van der Waals surface area contributed by atoms with E-state index in [1.165, 1.54) is 0 Å². The molecule has 0 aromatic heterocycles. The second kappa shape index (κ2) is 10.2. The van der Waals surface area contributed by atoms with Crippen molar-refractivity contribution < 1.29 is 18.4 Å². The molecule has 0 spiro atoms. The van der Waals surface area contributed by atoms with Crippen molar-refractivity contribution in [1.29, 1.82) is 0 Å². The Kier molecular flexibility index (Phi) is 10.3. The minimum absolute atomic E-state index is 0.256. The highest BCUT2D eigenvalue weighted by molar-refractivity contribution is 6.60. The van der Waals surface area contributed by atoms with Crippen molar-refractivity contribution in [2.45, 2.75) is 46.1 Å². The van der Waals surface area contributed by atoms with Gasteiger partial charge in [0.1, 0.15) is 0 Å². The molecule has 0 heterocycles. The predicted octanol–water partition coefficient (Wildman–Crippen LogP) is 2.20. The zero-order chi connectivity index (χ0) is 12.3. The van der Waals surface area contributed by atoms with E-state index in [4.69, 9.17) is 18.4 Å². The number of aliphatic hydroxyl groups is 1. The van der Waals surface area contributed by atoms with Crippen LogP contribution in [0.25, 0.3) is 0 Å². The highest BCUT2D eigenvalue weighted by Gasteiger charge is 2.39. The topological polar surface area (TPSA) is 47.9 Å². The maximum Gasteiger partial charge on any atom is 0.500 e. The lowest BCUT2D eigenvalue weighted by atomic mass is 10.3. The lowest BCUT2D eigenvalue weighted by Gasteiger charge is -2.28. The molecule has 0 bridgehead atoms. The minimum atomic E-state index is -2.43. The monoisotopic (exact) mass is 250 g/mol. The SMILES string of the molecule is CCO[Si](CCCCCO)(OCC)OCC. The van der Waals surface area contributed by atoms with Gasteiger partial charge in [0.25, 0.3) is 0 Å². The van der Waals surface area contributed by atoms with Crippen molar-refractivity contribution >= 4 is 8.80 Å². The lowest BCUT2D eigenvalue weighted by molar-refractivity contribution is 0.0705. The molecule has 0 fully saturated rings. The zero-order valence-electron chi connectivity index (χ0n) is 10.8. The second-order valence-electron chi connectivity index (χ2n) is 3.52. The highest BCUT2D eigenvalue weighted by Crippen LogP contribution is 2.19. The first-order valence-corrected chi connectivity index (χ1v) is 8.20. The summed E-state index contributed by atoms with van der Waals surface area (Å²) in [6.45, 7) is 8.05. The molecule has 0 amide bonds. The van der Waals surface area contributed by atoms with Crippen LogP contribution in [0.5, 0.6) is 0 Å². The maximum absolute atomic E-state index is 8.72. The van der Waals surface area contributed by atoms with Crippen LogP contribution in [0.1, 0.15) is 40.0 Å². The van der Waals surface area contributed by atoms with E-state index in [-0.39, 0.29) is 6.61 Å². The van der Waals surface area contributed by atoms with Crippen LogP contribution in [0, 0.1) is 0 Å². The van der Waals surface area contributed by atoms with E-state index in [0.717, 1.165) is 25.3 Å². The molecule has 0 aliphatic carbocycles. The molecule has 0 atom stereocenters. The Morgan fingerprint density at radius 2 is 1.31 bits per heavy atom. The molecule has 0 rings (SSSR count). The van der Waals surface area contributed by atoms with Gasteiger partial charge < -0.3 is 18.4 Å². The summed E-state index contributed by atoms with van der Waals surface area (Å²) in [7, 11) is -2.43. The first kappa shape index (κ1) is 16.1. The zero-order valence-corrected chi connectivity index (χ0v) is 11.8. The summed E-state index contributed by atoms with van der Waals surface area (Å²) >= 11 is 0. The van der Waals surface area contributed by atoms with Crippen molar-refractivity contribution in [2.75, 3.05) is 26.4 Å². The summed E-state index contributed by atoms with van der Waals surface area (Å²) in [6, 6.07) is 0.850.